The van der Waals surface area contributed by atoms with Gasteiger partial charge in [0.15, 0.2) is 0 Å². The molecule has 4 nitrogen and oxygen atoms in total. The van der Waals surface area contributed by atoms with E-state index in [2.05, 4.69) is 13.8 Å². The minimum Gasteiger partial charge on any atom is -0.481 e. The summed E-state index contributed by atoms with van der Waals surface area (Å²) in [6, 6.07) is 0. The number of fused-ring (bicyclic) bond motifs is 5. The number of ketones is 2. The molecule has 150 valence electrons. The Bertz CT molecular complexity index is 655. The van der Waals surface area contributed by atoms with Crippen molar-refractivity contribution in [1.82, 2.24) is 0 Å². The van der Waals surface area contributed by atoms with Crippen LogP contribution < -0.4 is 0 Å². The molecule has 1 N–H and O–H groups in total. The molecular weight excluding hydrogens is 340 g/mol. The maximum atomic E-state index is 13.2. The third-order valence-corrected chi connectivity index (χ3v) is 9.43. The summed E-state index contributed by atoms with van der Waals surface area (Å²) >= 11 is 0. The number of carbonyl (C=O) groups excluding carboxylic acids is 2. The Kier molecular flexibility index (Phi) is 4.75. The van der Waals surface area contributed by atoms with Crippen molar-refractivity contribution in [2.75, 3.05) is 0 Å². The van der Waals surface area contributed by atoms with Crippen LogP contribution in [0.5, 0.6) is 0 Å². The summed E-state index contributed by atoms with van der Waals surface area (Å²) in [5.41, 5.74) is 0.359. The normalized spacial score (nSPS) is 46.5. The fraction of sp³-hybridized carbons (Fsp3) is 0.870. The Morgan fingerprint density at radius 1 is 1.04 bits per heavy atom. The van der Waals surface area contributed by atoms with E-state index < -0.39 is 5.97 Å². The zero-order chi connectivity index (χ0) is 19.4. The van der Waals surface area contributed by atoms with Crippen molar-refractivity contribution in [2.45, 2.75) is 84.5 Å². The maximum absolute atomic E-state index is 13.2. The molecule has 0 bridgehead atoms. The second-order valence-corrected chi connectivity index (χ2v) is 10.5. The summed E-state index contributed by atoms with van der Waals surface area (Å²) in [4.78, 5) is 36.1. The van der Waals surface area contributed by atoms with Crippen molar-refractivity contribution >= 4 is 17.5 Å². The van der Waals surface area contributed by atoms with Crippen molar-refractivity contribution in [3.63, 3.8) is 0 Å². The predicted octanol–water partition coefficient (Wildman–Crippen LogP) is 4.65. The summed E-state index contributed by atoms with van der Waals surface area (Å²) in [6.07, 6.45) is 9.45. The van der Waals surface area contributed by atoms with Crippen molar-refractivity contribution in [2.24, 2.45) is 40.4 Å². The number of carboxylic acid groups (broad SMARTS) is 1. The summed E-state index contributed by atoms with van der Waals surface area (Å²) in [5, 5.41) is 8.96. The number of Topliss-reactive ketones (excluding diaryl/α,β-unsaturated/α-hetero) is 2. The van der Waals surface area contributed by atoms with Gasteiger partial charge >= 0.3 is 5.97 Å². The first kappa shape index (κ1) is 19.1. The monoisotopic (exact) mass is 374 g/mol. The molecule has 0 unspecified atom stereocenters. The first-order valence-corrected chi connectivity index (χ1v) is 11.0. The lowest BCUT2D eigenvalue weighted by Crippen LogP contribution is -2.56. The second kappa shape index (κ2) is 6.70. The minimum atomic E-state index is -0.702. The molecule has 0 spiro atoms. The molecule has 0 aromatic heterocycles. The molecule has 27 heavy (non-hydrogen) atoms. The molecule has 0 aromatic carbocycles. The van der Waals surface area contributed by atoms with E-state index in [9.17, 15) is 14.4 Å². The van der Waals surface area contributed by atoms with E-state index in [1.165, 1.54) is 6.42 Å². The van der Waals surface area contributed by atoms with Crippen LogP contribution in [0.3, 0.4) is 0 Å². The molecule has 0 aliphatic heterocycles. The van der Waals surface area contributed by atoms with Crippen LogP contribution >= 0.6 is 0 Å². The fourth-order valence-electron chi connectivity index (χ4n) is 7.81. The lowest BCUT2D eigenvalue weighted by molar-refractivity contribution is -0.158. The summed E-state index contributed by atoms with van der Waals surface area (Å²) in [5.74, 6) is 2.01. The molecule has 0 amide bonds. The van der Waals surface area contributed by atoms with Crippen LogP contribution in [0, 0.1) is 40.4 Å². The number of carbonyl (C=O) groups is 3. The highest BCUT2D eigenvalue weighted by molar-refractivity contribution is 5.86. The smallest absolute Gasteiger partial charge is 0.303 e. The van der Waals surface area contributed by atoms with Crippen LogP contribution in [0.15, 0.2) is 0 Å². The molecule has 4 aliphatic rings. The van der Waals surface area contributed by atoms with Crippen molar-refractivity contribution in [3.8, 4) is 0 Å². The summed E-state index contributed by atoms with van der Waals surface area (Å²) in [6.45, 7) is 4.76. The van der Waals surface area contributed by atoms with Crippen LogP contribution in [0.2, 0.25) is 0 Å². The molecular formula is C23H34O4. The molecule has 4 saturated carbocycles. The summed E-state index contributed by atoms with van der Waals surface area (Å²) in [7, 11) is 0. The average Bonchev–Trinajstić information content (AvgIpc) is 2.93. The first-order valence-electron chi connectivity index (χ1n) is 11.0. The molecule has 7 atom stereocenters. The van der Waals surface area contributed by atoms with E-state index in [-0.39, 0.29) is 29.1 Å². The van der Waals surface area contributed by atoms with Gasteiger partial charge in [0.1, 0.15) is 11.6 Å². The number of hydrogen-bond donors (Lipinski definition) is 1. The van der Waals surface area contributed by atoms with Gasteiger partial charge in [-0.25, -0.2) is 0 Å². The quantitative estimate of drug-likeness (QED) is 0.777. The Balaban J connectivity index is 1.54. The zero-order valence-electron chi connectivity index (χ0n) is 16.8. The van der Waals surface area contributed by atoms with Gasteiger partial charge in [0.05, 0.1) is 0 Å². The van der Waals surface area contributed by atoms with E-state index in [0.29, 0.717) is 48.6 Å². The maximum Gasteiger partial charge on any atom is 0.303 e. The Morgan fingerprint density at radius 2 is 1.78 bits per heavy atom. The number of carboxylic acids is 1. The second-order valence-electron chi connectivity index (χ2n) is 10.5. The largest absolute Gasteiger partial charge is 0.481 e. The first-order chi connectivity index (χ1) is 12.8. The van der Waals surface area contributed by atoms with Gasteiger partial charge < -0.3 is 5.11 Å². The van der Waals surface area contributed by atoms with E-state index in [1.807, 2.05) is 0 Å². The molecule has 0 saturated heterocycles. The molecule has 4 rings (SSSR count). The third kappa shape index (κ3) is 2.98. The van der Waals surface area contributed by atoms with Gasteiger partial charge in [-0.15, -0.1) is 0 Å². The Labute approximate surface area is 162 Å². The fourth-order valence-corrected chi connectivity index (χ4v) is 7.81. The number of hydrogen-bond acceptors (Lipinski definition) is 3. The molecule has 0 aromatic rings. The van der Waals surface area contributed by atoms with E-state index in [0.717, 1.165) is 38.5 Å². The molecule has 4 heteroatoms. The number of rotatable bonds is 4. The van der Waals surface area contributed by atoms with E-state index in [4.69, 9.17) is 5.11 Å². The number of aliphatic carboxylic acids is 1. The van der Waals surface area contributed by atoms with Crippen molar-refractivity contribution in [1.29, 1.82) is 0 Å². The summed E-state index contributed by atoms with van der Waals surface area (Å²) < 4.78 is 0. The highest BCUT2D eigenvalue weighted by Crippen LogP contribution is 2.66. The van der Waals surface area contributed by atoms with Crippen LogP contribution in [0.25, 0.3) is 0 Å². The average molecular weight is 375 g/mol. The molecule has 0 radical (unpaired) electrons. The highest BCUT2D eigenvalue weighted by Gasteiger charge is 2.62. The van der Waals surface area contributed by atoms with Crippen molar-refractivity contribution in [3.05, 3.63) is 0 Å². The molecule has 4 aliphatic carbocycles. The zero-order valence-corrected chi connectivity index (χ0v) is 16.8. The highest BCUT2D eigenvalue weighted by atomic mass is 16.4. The van der Waals surface area contributed by atoms with Gasteiger partial charge in [-0.1, -0.05) is 13.8 Å². The van der Waals surface area contributed by atoms with Crippen molar-refractivity contribution < 1.29 is 19.5 Å². The SMILES string of the molecule is C[C@]12CCC(=O)C[C@H]1CC(=O)[C@@H]1[C@@H]2CC[C@]2(C)[C@@H](CCCC(=O)O)CC[C@@H]12. The molecule has 4 fully saturated rings. The van der Waals surface area contributed by atoms with Gasteiger partial charge in [-0.05, 0) is 79.4 Å². The van der Waals surface area contributed by atoms with Gasteiger partial charge in [-0.3, -0.25) is 14.4 Å². The van der Waals surface area contributed by atoms with Gasteiger partial charge in [0.25, 0.3) is 0 Å². The lowest BCUT2D eigenvalue weighted by atomic mass is 9.44. The minimum absolute atomic E-state index is 0.162. The van der Waals surface area contributed by atoms with Crippen LogP contribution in [0.4, 0.5) is 0 Å². The Morgan fingerprint density at radius 3 is 2.52 bits per heavy atom. The van der Waals surface area contributed by atoms with E-state index in [1.54, 1.807) is 0 Å². The van der Waals surface area contributed by atoms with Crippen LogP contribution in [-0.4, -0.2) is 22.6 Å². The van der Waals surface area contributed by atoms with Crippen LogP contribution in [-0.2, 0) is 14.4 Å². The Hall–Kier alpha value is -1.19. The van der Waals surface area contributed by atoms with Gasteiger partial charge in [0.2, 0.25) is 0 Å². The molecule has 0 heterocycles. The predicted molar refractivity (Wildman–Crippen MR) is 102 cm³/mol. The topological polar surface area (TPSA) is 71.4 Å². The van der Waals surface area contributed by atoms with Crippen LogP contribution in [0.1, 0.15) is 84.5 Å². The standard InChI is InChI=1S/C23H34O4/c1-22-11-9-18-21(17(22)7-6-14(22)4-3-5-20(26)27)19(25)13-15-12-16(24)8-10-23(15,18)2/h14-15,17-18,21H,3-13H2,1-2H3,(H,26,27)/t14-,15-,17-,18-,21-,22+,23-/m0/s1. The lowest BCUT2D eigenvalue weighted by Gasteiger charge is -2.59. The van der Waals surface area contributed by atoms with Gasteiger partial charge in [-0.2, -0.15) is 0 Å². The van der Waals surface area contributed by atoms with E-state index >= 15 is 0 Å². The third-order valence-electron chi connectivity index (χ3n) is 9.43. The van der Waals surface area contributed by atoms with Gasteiger partial charge in [0, 0.05) is 31.6 Å².